The number of nitrogens with one attached hydrogen (secondary N) is 1. The van der Waals surface area contributed by atoms with Gasteiger partial charge in [0, 0.05) is 0 Å². The Morgan fingerprint density at radius 3 is 2.59 bits per heavy atom. The summed E-state index contributed by atoms with van der Waals surface area (Å²) in [5, 5.41) is 3.44. The molecule has 1 nitrogen and oxygen atoms in total. The van der Waals surface area contributed by atoms with Crippen LogP contribution in [0.3, 0.4) is 0 Å². The predicted octanol–water partition coefficient (Wildman–Crippen LogP) is 3.95. The van der Waals surface area contributed by atoms with Crippen LogP contribution in [0.4, 0.5) is 0 Å². The smallest absolute Gasteiger partial charge is 0.00140 e. The summed E-state index contributed by atoms with van der Waals surface area (Å²) in [6, 6.07) is 6.61. The van der Waals surface area contributed by atoms with Gasteiger partial charge in [-0.15, -0.1) is 0 Å². The summed E-state index contributed by atoms with van der Waals surface area (Å²) < 4.78 is 0. The van der Waals surface area contributed by atoms with Gasteiger partial charge >= 0.3 is 0 Å². The third-order valence-electron chi connectivity index (χ3n) is 2.88. The number of aryl methyl sites for hydroxylation is 2. The largest absolute Gasteiger partial charge is 0.316 e. The molecule has 0 radical (unpaired) electrons. The van der Waals surface area contributed by atoms with E-state index < -0.39 is 0 Å². The first kappa shape index (κ1) is 14.0. The van der Waals surface area contributed by atoms with Crippen LogP contribution < -0.4 is 5.32 Å². The van der Waals surface area contributed by atoms with Gasteiger partial charge in [-0.05, 0) is 56.0 Å². The first-order chi connectivity index (χ1) is 8.09. The predicted molar refractivity (Wildman–Crippen MR) is 77.3 cm³/mol. The molecular formula is C16H25N. The molecular weight excluding hydrogens is 206 g/mol. The normalized spacial score (nSPS) is 11.6. The second-order valence-electron chi connectivity index (χ2n) is 5.13. The summed E-state index contributed by atoms with van der Waals surface area (Å²) in [4.78, 5) is 0. The Hall–Kier alpha value is -1.08. The molecule has 1 aromatic carbocycles. The molecule has 0 unspecified atom stereocenters. The topological polar surface area (TPSA) is 12.0 Å². The molecule has 0 aliphatic heterocycles. The Morgan fingerprint density at radius 1 is 1.18 bits per heavy atom. The van der Waals surface area contributed by atoms with Crippen LogP contribution in [0.5, 0.6) is 0 Å². The molecule has 0 bridgehead atoms. The van der Waals surface area contributed by atoms with E-state index in [-0.39, 0.29) is 0 Å². The third-order valence-corrected chi connectivity index (χ3v) is 2.88. The molecule has 1 aromatic rings. The van der Waals surface area contributed by atoms with Gasteiger partial charge in [0.2, 0.25) is 0 Å². The van der Waals surface area contributed by atoms with E-state index in [0.717, 1.165) is 25.4 Å². The zero-order valence-corrected chi connectivity index (χ0v) is 11.6. The van der Waals surface area contributed by atoms with Gasteiger partial charge < -0.3 is 5.32 Å². The Balaban J connectivity index is 2.31. The molecule has 1 heteroatoms. The number of hydrogen-bond donors (Lipinski definition) is 1. The summed E-state index contributed by atoms with van der Waals surface area (Å²) in [7, 11) is 0. The number of hydrogen-bond acceptors (Lipinski definition) is 1. The molecule has 0 aromatic heterocycles. The molecule has 0 amide bonds. The lowest BCUT2D eigenvalue weighted by Gasteiger charge is -2.05. The molecule has 1 rings (SSSR count). The fraction of sp³-hybridized carbons (Fsp3) is 0.500. The van der Waals surface area contributed by atoms with Gasteiger partial charge in [-0.3, -0.25) is 0 Å². The molecule has 0 atom stereocenters. The van der Waals surface area contributed by atoms with Crippen molar-refractivity contribution in [2.24, 2.45) is 5.92 Å². The summed E-state index contributed by atoms with van der Waals surface area (Å²) in [5.74, 6) is 0.735. The molecule has 0 saturated heterocycles. The van der Waals surface area contributed by atoms with Crippen LogP contribution in [0.1, 0.15) is 37.0 Å². The summed E-state index contributed by atoms with van der Waals surface area (Å²) >= 11 is 0. The molecule has 0 saturated carbocycles. The van der Waals surface area contributed by atoms with Gasteiger partial charge in [-0.2, -0.15) is 0 Å². The van der Waals surface area contributed by atoms with E-state index in [9.17, 15) is 0 Å². The van der Waals surface area contributed by atoms with E-state index in [1.807, 2.05) is 0 Å². The van der Waals surface area contributed by atoms with Gasteiger partial charge in [0.25, 0.3) is 0 Å². The van der Waals surface area contributed by atoms with Gasteiger partial charge in [0.05, 0.1) is 0 Å². The Bertz CT molecular complexity index is 364. The summed E-state index contributed by atoms with van der Waals surface area (Å²) in [6.07, 6.45) is 5.56. The highest BCUT2D eigenvalue weighted by Gasteiger charge is 1.93. The maximum atomic E-state index is 3.44. The molecule has 0 aliphatic rings. The van der Waals surface area contributed by atoms with Gasteiger partial charge in [-0.25, -0.2) is 0 Å². The Morgan fingerprint density at radius 2 is 1.94 bits per heavy atom. The van der Waals surface area contributed by atoms with E-state index in [4.69, 9.17) is 0 Å². The number of benzene rings is 1. The summed E-state index contributed by atoms with van der Waals surface area (Å²) in [5.41, 5.74) is 4.03. The minimum atomic E-state index is 0.735. The van der Waals surface area contributed by atoms with E-state index in [2.05, 4.69) is 63.4 Å². The van der Waals surface area contributed by atoms with E-state index in [0.29, 0.717) is 0 Å². The molecule has 94 valence electrons. The molecule has 17 heavy (non-hydrogen) atoms. The highest BCUT2D eigenvalue weighted by atomic mass is 14.8. The molecule has 1 N–H and O–H groups in total. The lowest BCUT2D eigenvalue weighted by atomic mass is 10.1. The van der Waals surface area contributed by atoms with Crippen LogP contribution in [0.15, 0.2) is 24.3 Å². The second kappa shape index (κ2) is 7.29. The number of rotatable bonds is 6. The Labute approximate surface area is 106 Å². The lowest BCUT2D eigenvalue weighted by molar-refractivity contribution is 0.557. The molecule has 0 fully saturated rings. The lowest BCUT2D eigenvalue weighted by Crippen LogP contribution is -2.20. The Kier molecular flexibility index (Phi) is 5.99. The quantitative estimate of drug-likeness (QED) is 0.731. The van der Waals surface area contributed by atoms with Crippen molar-refractivity contribution in [1.29, 1.82) is 0 Å². The van der Waals surface area contributed by atoms with Crippen molar-refractivity contribution in [3.63, 3.8) is 0 Å². The first-order valence-electron chi connectivity index (χ1n) is 6.54. The summed E-state index contributed by atoms with van der Waals surface area (Å²) in [6.45, 7) is 11.0. The van der Waals surface area contributed by atoms with Crippen LogP contribution >= 0.6 is 0 Å². The van der Waals surface area contributed by atoms with Crippen molar-refractivity contribution < 1.29 is 0 Å². The fourth-order valence-electron chi connectivity index (χ4n) is 1.66. The van der Waals surface area contributed by atoms with Crippen LogP contribution in [0.2, 0.25) is 0 Å². The maximum Gasteiger partial charge on any atom is -0.00140 e. The average Bonchev–Trinajstić information content (AvgIpc) is 2.27. The zero-order chi connectivity index (χ0) is 12.7. The zero-order valence-electron chi connectivity index (χ0n) is 11.6. The highest BCUT2D eigenvalue weighted by molar-refractivity contribution is 5.51. The fourth-order valence-corrected chi connectivity index (χ4v) is 1.66. The third kappa shape index (κ3) is 5.69. The van der Waals surface area contributed by atoms with Crippen LogP contribution in [-0.2, 0) is 0 Å². The van der Waals surface area contributed by atoms with E-state index >= 15 is 0 Å². The van der Waals surface area contributed by atoms with Crippen LogP contribution in [0, 0.1) is 19.8 Å². The van der Waals surface area contributed by atoms with Crippen molar-refractivity contribution in [3.8, 4) is 0 Å². The monoisotopic (exact) mass is 231 g/mol. The van der Waals surface area contributed by atoms with Crippen molar-refractivity contribution in [2.75, 3.05) is 13.1 Å². The SMILES string of the molecule is Cc1ccc(C=CCCNCC(C)C)cc1C. The van der Waals surface area contributed by atoms with Gasteiger partial charge in [-0.1, -0.05) is 44.2 Å². The first-order valence-corrected chi connectivity index (χ1v) is 6.54. The minimum absolute atomic E-state index is 0.735. The highest BCUT2D eigenvalue weighted by Crippen LogP contribution is 2.11. The van der Waals surface area contributed by atoms with Crippen molar-refractivity contribution in [3.05, 3.63) is 41.0 Å². The maximum absolute atomic E-state index is 3.44. The van der Waals surface area contributed by atoms with Crippen molar-refractivity contribution in [1.82, 2.24) is 5.32 Å². The molecule has 0 spiro atoms. The standard InChI is InChI=1S/C16H25N/c1-13(2)12-17-10-6-5-7-16-9-8-14(3)15(4)11-16/h5,7-9,11,13,17H,6,10,12H2,1-4H3. The van der Waals surface area contributed by atoms with E-state index in [1.54, 1.807) is 0 Å². The molecule has 0 heterocycles. The average molecular weight is 231 g/mol. The van der Waals surface area contributed by atoms with E-state index in [1.165, 1.54) is 16.7 Å². The van der Waals surface area contributed by atoms with Crippen LogP contribution in [0.25, 0.3) is 6.08 Å². The van der Waals surface area contributed by atoms with Gasteiger partial charge in [0.1, 0.15) is 0 Å². The second-order valence-corrected chi connectivity index (χ2v) is 5.13. The van der Waals surface area contributed by atoms with Crippen molar-refractivity contribution in [2.45, 2.75) is 34.1 Å². The minimum Gasteiger partial charge on any atom is -0.316 e. The molecule has 0 aliphatic carbocycles. The van der Waals surface area contributed by atoms with Crippen molar-refractivity contribution >= 4 is 6.08 Å². The van der Waals surface area contributed by atoms with Crippen LogP contribution in [-0.4, -0.2) is 13.1 Å². The van der Waals surface area contributed by atoms with Gasteiger partial charge in [0.15, 0.2) is 0 Å².